The van der Waals surface area contributed by atoms with Crippen LogP contribution in [0.15, 0.2) is 18.2 Å². The maximum absolute atomic E-state index is 13.7. The summed E-state index contributed by atoms with van der Waals surface area (Å²) in [6.45, 7) is 3.11. The highest BCUT2D eigenvalue weighted by atomic mass is 19.2. The van der Waals surface area contributed by atoms with Crippen molar-refractivity contribution >= 4 is 0 Å². The van der Waals surface area contributed by atoms with Crippen LogP contribution in [0.3, 0.4) is 0 Å². The van der Waals surface area contributed by atoms with E-state index in [2.05, 4.69) is 12.2 Å². The van der Waals surface area contributed by atoms with Gasteiger partial charge in [-0.3, -0.25) is 0 Å². The molecule has 1 aliphatic carbocycles. The Morgan fingerprint density at radius 1 is 1.30 bits per heavy atom. The minimum atomic E-state index is -0.904. The molecular formula is C16H23F2NO. The summed E-state index contributed by atoms with van der Waals surface area (Å²) < 4.78 is 26.9. The molecule has 2 N–H and O–H groups in total. The first-order valence-electron chi connectivity index (χ1n) is 7.43. The first kappa shape index (κ1) is 15.4. The molecule has 0 radical (unpaired) electrons. The molecule has 0 spiro atoms. The van der Waals surface area contributed by atoms with E-state index < -0.39 is 17.2 Å². The van der Waals surface area contributed by atoms with Crippen molar-refractivity contribution in [3.63, 3.8) is 0 Å². The summed E-state index contributed by atoms with van der Waals surface area (Å²) in [5, 5.41) is 14.0. The van der Waals surface area contributed by atoms with E-state index in [0.29, 0.717) is 18.9 Å². The molecule has 0 aliphatic heterocycles. The van der Waals surface area contributed by atoms with Crippen LogP contribution >= 0.6 is 0 Å². The Morgan fingerprint density at radius 3 is 2.65 bits per heavy atom. The van der Waals surface area contributed by atoms with Crippen LogP contribution in [-0.2, 0) is 6.42 Å². The molecule has 0 heterocycles. The fourth-order valence-corrected chi connectivity index (χ4v) is 2.92. The van der Waals surface area contributed by atoms with E-state index >= 15 is 0 Å². The third-order valence-corrected chi connectivity index (χ3v) is 4.15. The molecule has 1 aromatic carbocycles. The summed E-state index contributed by atoms with van der Waals surface area (Å²) in [4.78, 5) is 0. The Kier molecular flexibility index (Phi) is 5.11. The zero-order valence-corrected chi connectivity index (χ0v) is 12.0. The molecule has 1 aliphatic rings. The highest BCUT2D eigenvalue weighted by molar-refractivity contribution is 5.21. The first-order valence-corrected chi connectivity index (χ1v) is 7.43. The van der Waals surface area contributed by atoms with Crippen molar-refractivity contribution in [2.24, 2.45) is 0 Å². The van der Waals surface area contributed by atoms with Gasteiger partial charge in [0.05, 0.1) is 5.60 Å². The summed E-state index contributed by atoms with van der Waals surface area (Å²) in [7, 11) is 0. The number of aliphatic hydroxyl groups is 1. The summed E-state index contributed by atoms with van der Waals surface area (Å²) in [5.74, 6) is -1.67. The predicted molar refractivity (Wildman–Crippen MR) is 75.6 cm³/mol. The molecule has 0 bridgehead atoms. The van der Waals surface area contributed by atoms with Crippen LogP contribution < -0.4 is 5.32 Å². The molecule has 112 valence electrons. The van der Waals surface area contributed by atoms with Gasteiger partial charge < -0.3 is 10.4 Å². The second-order valence-electron chi connectivity index (χ2n) is 5.84. The summed E-state index contributed by atoms with van der Waals surface area (Å²) in [6.07, 6.45) is 4.31. The van der Waals surface area contributed by atoms with Crippen molar-refractivity contribution in [3.05, 3.63) is 35.4 Å². The van der Waals surface area contributed by atoms with Crippen molar-refractivity contribution < 1.29 is 13.9 Å². The number of rotatable bonds is 5. The van der Waals surface area contributed by atoms with Gasteiger partial charge in [-0.2, -0.15) is 0 Å². The summed E-state index contributed by atoms with van der Waals surface area (Å²) in [6, 6.07) is 4.59. The van der Waals surface area contributed by atoms with E-state index in [9.17, 15) is 13.9 Å². The normalized spacial score (nSPS) is 26.7. The van der Waals surface area contributed by atoms with E-state index in [1.54, 1.807) is 6.07 Å². The van der Waals surface area contributed by atoms with Crippen LogP contribution in [0.4, 0.5) is 8.78 Å². The van der Waals surface area contributed by atoms with Gasteiger partial charge in [0.25, 0.3) is 0 Å². The monoisotopic (exact) mass is 283 g/mol. The molecule has 0 unspecified atom stereocenters. The number of halogens is 2. The zero-order valence-electron chi connectivity index (χ0n) is 12.0. The quantitative estimate of drug-likeness (QED) is 0.870. The Bertz CT molecular complexity index is 442. The Morgan fingerprint density at radius 2 is 2.00 bits per heavy atom. The molecule has 0 atom stereocenters. The molecule has 1 fully saturated rings. The molecule has 20 heavy (non-hydrogen) atoms. The highest BCUT2D eigenvalue weighted by Crippen LogP contribution is 2.32. The van der Waals surface area contributed by atoms with Gasteiger partial charge in [-0.05, 0) is 50.3 Å². The van der Waals surface area contributed by atoms with Crippen LogP contribution in [0, 0.1) is 11.6 Å². The fraction of sp³-hybridized carbons (Fsp3) is 0.625. The number of benzene rings is 1. The van der Waals surface area contributed by atoms with Gasteiger partial charge in [0.1, 0.15) is 0 Å². The average Bonchev–Trinajstić information content (AvgIpc) is 2.43. The van der Waals surface area contributed by atoms with Crippen molar-refractivity contribution in [1.29, 1.82) is 0 Å². The predicted octanol–water partition coefficient (Wildman–Crippen LogP) is 3.18. The van der Waals surface area contributed by atoms with Crippen LogP contribution in [-0.4, -0.2) is 23.3 Å². The van der Waals surface area contributed by atoms with E-state index in [1.807, 2.05) is 0 Å². The molecule has 0 aromatic heterocycles. The van der Waals surface area contributed by atoms with Crippen LogP contribution in [0.1, 0.15) is 44.6 Å². The highest BCUT2D eigenvalue weighted by Gasteiger charge is 2.34. The van der Waals surface area contributed by atoms with E-state index in [-0.39, 0.29) is 12.0 Å². The lowest BCUT2D eigenvalue weighted by Crippen LogP contribution is -2.43. The zero-order chi connectivity index (χ0) is 14.6. The molecule has 0 amide bonds. The number of hydrogen-bond acceptors (Lipinski definition) is 2. The number of hydrogen-bond donors (Lipinski definition) is 2. The number of nitrogens with one attached hydrogen (secondary N) is 1. The topological polar surface area (TPSA) is 32.3 Å². The second kappa shape index (κ2) is 6.64. The molecule has 4 heteroatoms. The van der Waals surface area contributed by atoms with Crippen molar-refractivity contribution in [1.82, 2.24) is 5.32 Å². The maximum atomic E-state index is 13.7. The lowest BCUT2D eigenvalue weighted by molar-refractivity contribution is -0.00381. The molecule has 1 saturated carbocycles. The Balaban J connectivity index is 1.95. The molecule has 1 aromatic rings. The smallest absolute Gasteiger partial charge is 0.162 e. The van der Waals surface area contributed by atoms with E-state index in [1.165, 1.54) is 6.07 Å². The van der Waals surface area contributed by atoms with Crippen molar-refractivity contribution in [2.45, 2.75) is 57.1 Å². The largest absolute Gasteiger partial charge is 0.390 e. The van der Waals surface area contributed by atoms with Crippen LogP contribution in [0.5, 0.6) is 0 Å². The fourth-order valence-electron chi connectivity index (χ4n) is 2.92. The maximum Gasteiger partial charge on any atom is 0.162 e. The van der Waals surface area contributed by atoms with Gasteiger partial charge in [-0.15, -0.1) is 0 Å². The minimum absolute atomic E-state index is 0.192. The van der Waals surface area contributed by atoms with E-state index in [0.717, 1.165) is 31.9 Å². The van der Waals surface area contributed by atoms with Gasteiger partial charge in [0.2, 0.25) is 0 Å². The molecular weight excluding hydrogens is 260 g/mol. The third-order valence-electron chi connectivity index (χ3n) is 4.15. The summed E-state index contributed by atoms with van der Waals surface area (Å²) >= 11 is 0. The SMILES string of the molecule is CCCNC1CCC(O)(Cc2cccc(F)c2F)CC1. The molecule has 0 saturated heterocycles. The van der Waals surface area contributed by atoms with Crippen molar-refractivity contribution in [2.75, 3.05) is 6.54 Å². The second-order valence-corrected chi connectivity index (χ2v) is 5.84. The van der Waals surface area contributed by atoms with Crippen molar-refractivity contribution in [3.8, 4) is 0 Å². The van der Waals surface area contributed by atoms with Crippen LogP contribution in [0.25, 0.3) is 0 Å². The minimum Gasteiger partial charge on any atom is -0.390 e. The lowest BCUT2D eigenvalue weighted by Gasteiger charge is -2.36. The average molecular weight is 283 g/mol. The van der Waals surface area contributed by atoms with Gasteiger partial charge in [0, 0.05) is 12.5 Å². The Labute approximate surface area is 119 Å². The molecule has 2 nitrogen and oxygen atoms in total. The van der Waals surface area contributed by atoms with Gasteiger partial charge >= 0.3 is 0 Å². The Hall–Kier alpha value is -1.00. The van der Waals surface area contributed by atoms with E-state index in [4.69, 9.17) is 0 Å². The standard InChI is InChI=1S/C16H23F2NO/c1-2-10-19-13-6-8-16(20,9-7-13)11-12-4-3-5-14(17)15(12)18/h3-5,13,19-20H,2,6-11H2,1H3. The van der Waals surface area contributed by atoms with Gasteiger partial charge in [-0.25, -0.2) is 8.78 Å². The van der Waals surface area contributed by atoms with Crippen LogP contribution in [0.2, 0.25) is 0 Å². The lowest BCUT2D eigenvalue weighted by atomic mass is 9.78. The van der Waals surface area contributed by atoms with Gasteiger partial charge in [0.15, 0.2) is 11.6 Å². The van der Waals surface area contributed by atoms with Gasteiger partial charge in [-0.1, -0.05) is 19.1 Å². The third kappa shape index (κ3) is 3.76. The molecule has 2 rings (SSSR count). The first-order chi connectivity index (χ1) is 9.54. The summed E-state index contributed by atoms with van der Waals surface area (Å²) in [5.41, 5.74) is -0.633.